The van der Waals surface area contributed by atoms with Gasteiger partial charge in [-0.3, -0.25) is 14.4 Å². The molecule has 0 amide bonds. The van der Waals surface area contributed by atoms with Gasteiger partial charge in [0.2, 0.25) is 0 Å². The molecule has 0 bridgehead atoms. The van der Waals surface area contributed by atoms with Crippen LogP contribution < -0.4 is 17.1 Å². The Morgan fingerprint density at radius 2 is 0.727 bits per heavy atom. The van der Waals surface area contributed by atoms with Gasteiger partial charge < -0.3 is 0 Å². The van der Waals surface area contributed by atoms with Crippen LogP contribution in [-0.4, -0.2) is 46.8 Å². The van der Waals surface area contributed by atoms with Crippen molar-refractivity contribution in [2.75, 3.05) is 0 Å². The number of thiol groups is 3. The second-order valence-electron chi connectivity index (χ2n) is 8.54. The molecule has 1 rings (SSSR count). The molecule has 0 radical (unpaired) electrons. The molecule has 1 aromatic rings. The molecule has 0 aliphatic rings. The van der Waals surface area contributed by atoms with E-state index in [0.29, 0.717) is 13.7 Å². The highest BCUT2D eigenvalue weighted by atomic mass is 32.1. The fourth-order valence-corrected chi connectivity index (χ4v) is 3.94. The van der Waals surface area contributed by atoms with Gasteiger partial charge in [-0.1, -0.05) is 20.8 Å². The first kappa shape index (κ1) is 29.5. The molecule has 9 nitrogen and oxygen atoms in total. The van der Waals surface area contributed by atoms with E-state index in [1.54, 1.807) is 20.8 Å². The molecule has 0 saturated heterocycles. The topological polar surface area (TPSA) is 117 Å². The lowest BCUT2D eigenvalue weighted by Gasteiger charge is -2.23. The summed E-state index contributed by atoms with van der Waals surface area (Å²) < 4.78 is 1.92. The van der Waals surface area contributed by atoms with E-state index in [0.717, 1.165) is 0 Å². The minimum absolute atomic E-state index is 0.0212. The van der Waals surface area contributed by atoms with Crippen molar-refractivity contribution >= 4 is 55.2 Å². The first-order valence-electron chi connectivity index (χ1n) is 10.7. The number of ketones is 3. The SMILES string of the molecule is CC(S)CC(=O)C(C)n1c(=O)n(C(C)C(=O)CC(C)S)c(=O)n(C(C)C(=O)CC(C)S)c1=O. The fraction of sp³-hybridized carbons (Fsp3) is 0.714. The molecule has 12 heteroatoms. The summed E-state index contributed by atoms with van der Waals surface area (Å²) in [5, 5.41) is -0.962. The molecule has 0 aliphatic heterocycles. The number of nitrogens with zero attached hydrogens (tertiary/aromatic N) is 3. The van der Waals surface area contributed by atoms with Crippen LogP contribution in [0.3, 0.4) is 0 Å². The predicted octanol–water partition coefficient (Wildman–Crippen LogP) is 1.69. The Kier molecular flexibility index (Phi) is 11.0. The lowest BCUT2D eigenvalue weighted by Crippen LogP contribution is -2.58. The zero-order valence-corrected chi connectivity index (χ0v) is 22.4. The van der Waals surface area contributed by atoms with Gasteiger partial charge in [-0.05, 0) is 20.8 Å². The van der Waals surface area contributed by atoms with E-state index in [2.05, 4.69) is 37.9 Å². The molecule has 0 N–H and O–H groups in total. The smallest absolute Gasteiger partial charge is 0.297 e. The maximum absolute atomic E-state index is 13.3. The molecule has 186 valence electrons. The number of hydrogen-bond donors (Lipinski definition) is 3. The van der Waals surface area contributed by atoms with Crippen molar-refractivity contribution in [1.29, 1.82) is 0 Å². The van der Waals surface area contributed by atoms with Crippen LogP contribution in [0.25, 0.3) is 0 Å². The standard InChI is InChI=1S/C21H33N3O6S3/c1-10(31)7-16(25)13(4)22-19(28)23(14(5)17(26)8-11(2)32)21(30)24(20(22)29)15(6)18(27)9-12(3)33/h10-15,31-33H,7-9H2,1-6H3. The Morgan fingerprint density at radius 1 is 0.545 bits per heavy atom. The molecular weight excluding hydrogens is 486 g/mol. The molecule has 0 spiro atoms. The van der Waals surface area contributed by atoms with Gasteiger partial charge in [0.15, 0.2) is 17.3 Å². The van der Waals surface area contributed by atoms with E-state index in [1.807, 2.05) is 0 Å². The molecule has 0 aromatic carbocycles. The number of aromatic nitrogens is 3. The van der Waals surface area contributed by atoms with E-state index in [1.165, 1.54) is 20.8 Å². The number of hydrogen-bond acceptors (Lipinski definition) is 9. The molecule has 0 aliphatic carbocycles. The van der Waals surface area contributed by atoms with E-state index in [9.17, 15) is 28.8 Å². The van der Waals surface area contributed by atoms with Crippen molar-refractivity contribution < 1.29 is 14.4 Å². The molecule has 33 heavy (non-hydrogen) atoms. The van der Waals surface area contributed by atoms with Crippen molar-refractivity contribution in [3.8, 4) is 0 Å². The quantitative estimate of drug-likeness (QED) is 0.362. The largest absolute Gasteiger partial charge is 0.337 e. The van der Waals surface area contributed by atoms with Gasteiger partial charge in [0.1, 0.15) is 0 Å². The third-order valence-electron chi connectivity index (χ3n) is 5.29. The van der Waals surface area contributed by atoms with Crippen molar-refractivity contribution in [1.82, 2.24) is 13.7 Å². The number of carbonyl (C=O) groups is 3. The molecule has 1 aromatic heterocycles. The number of Topliss-reactive ketones (excluding diaryl/α,β-unsaturated/α-hetero) is 3. The van der Waals surface area contributed by atoms with Gasteiger partial charge in [-0.15, -0.1) is 0 Å². The van der Waals surface area contributed by atoms with E-state index in [4.69, 9.17) is 0 Å². The van der Waals surface area contributed by atoms with Crippen LogP contribution in [0, 0.1) is 0 Å². The van der Waals surface area contributed by atoms with Crippen molar-refractivity contribution in [2.24, 2.45) is 0 Å². The highest BCUT2D eigenvalue weighted by molar-refractivity contribution is 7.81. The maximum Gasteiger partial charge on any atom is 0.337 e. The Labute approximate surface area is 209 Å². The normalized spacial score (nSPS) is 17.0. The average Bonchev–Trinajstić information content (AvgIpc) is 2.65. The first-order chi connectivity index (χ1) is 15.1. The summed E-state index contributed by atoms with van der Waals surface area (Å²) in [7, 11) is 0. The highest BCUT2D eigenvalue weighted by Gasteiger charge is 2.31. The predicted molar refractivity (Wildman–Crippen MR) is 138 cm³/mol. The van der Waals surface area contributed by atoms with Crippen LogP contribution in [0.1, 0.15) is 78.9 Å². The summed E-state index contributed by atoms with van der Waals surface area (Å²) in [5.74, 6) is -1.34. The molecule has 1 heterocycles. The fourth-order valence-electron chi connectivity index (χ4n) is 3.40. The van der Waals surface area contributed by atoms with Gasteiger partial charge in [0, 0.05) is 35.0 Å². The number of carbonyl (C=O) groups excluding carboxylic acids is 3. The molecular formula is C21H33N3O6S3. The van der Waals surface area contributed by atoms with Crippen molar-refractivity contribution in [3.63, 3.8) is 0 Å². The Balaban J connectivity index is 3.89. The van der Waals surface area contributed by atoms with Crippen LogP contribution in [0.5, 0.6) is 0 Å². The monoisotopic (exact) mass is 519 g/mol. The molecule has 6 atom stereocenters. The summed E-state index contributed by atoms with van der Waals surface area (Å²) in [6, 6.07) is -3.68. The van der Waals surface area contributed by atoms with E-state index < -0.39 is 52.5 Å². The third kappa shape index (κ3) is 7.22. The maximum atomic E-state index is 13.3. The van der Waals surface area contributed by atoms with Gasteiger partial charge >= 0.3 is 17.1 Å². The summed E-state index contributed by atoms with van der Waals surface area (Å²) in [6.07, 6.45) is -0.0637. The third-order valence-corrected chi connectivity index (χ3v) is 5.83. The zero-order chi connectivity index (χ0) is 25.8. The van der Waals surface area contributed by atoms with Crippen molar-refractivity contribution in [2.45, 2.75) is 94.7 Å². The highest BCUT2D eigenvalue weighted by Crippen LogP contribution is 2.14. The van der Waals surface area contributed by atoms with Gasteiger partial charge in [0.25, 0.3) is 0 Å². The van der Waals surface area contributed by atoms with Crippen LogP contribution >= 0.6 is 37.9 Å². The minimum Gasteiger partial charge on any atom is -0.297 e. The van der Waals surface area contributed by atoms with E-state index in [-0.39, 0.29) is 35.0 Å². The molecule has 6 unspecified atom stereocenters. The second kappa shape index (κ2) is 12.3. The molecule has 0 saturated carbocycles. The van der Waals surface area contributed by atoms with Gasteiger partial charge in [0.05, 0.1) is 18.1 Å². The average molecular weight is 520 g/mol. The lowest BCUT2D eigenvalue weighted by molar-refractivity contribution is -0.122. The summed E-state index contributed by atoms with van der Waals surface area (Å²) >= 11 is 12.6. The van der Waals surface area contributed by atoms with Crippen LogP contribution in [0.4, 0.5) is 0 Å². The van der Waals surface area contributed by atoms with E-state index >= 15 is 0 Å². The summed E-state index contributed by atoms with van der Waals surface area (Å²) in [6.45, 7) is 9.17. The Morgan fingerprint density at radius 3 is 0.879 bits per heavy atom. The lowest BCUT2D eigenvalue weighted by atomic mass is 10.1. The van der Waals surface area contributed by atoms with Crippen LogP contribution in [0.2, 0.25) is 0 Å². The summed E-state index contributed by atoms with van der Waals surface area (Å²) in [5.41, 5.74) is -3.24. The Hall–Kier alpha value is -1.53. The first-order valence-corrected chi connectivity index (χ1v) is 12.3. The number of rotatable bonds is 12. The van der Waals surface area contributed by atoms with Gasteiger partial charge in [-0.2, -0.15) is 37.9 Å². The van der Waals surface area contributed by atoms with Crippen molar-refractivity contribution in [3.05, 3.63) is 31.5 Å². The zero-order valence-electron chi connectivity index (χ0n) is 19.7. The minimum atomic E-state index is -1.23. The second-order valence-corrected chi connectivity index (χ2v) is 11.2. The van der Waals surface area contributed by atoms with Gasteiger partial charge in [-0.25, -0.2) is 28.1 Å². The van der Waals surface area contributed by atoms with Crippen LogP contribution in [-0.2, 0) is 14.4 Å². The molecule has 0 fully saturated rings. The van der Waals surface area contributed by atoms with Crippen LogP contribution in [0.15, 0.2) is 14.4 Å². The summed E-state index contributed by atoms with van der Waals surface area (Å²) in [4.78, 5) is 77.8. The Bertz CT molecular complexity index is 907.